The lowest BCUT2D eigenvalue weighted by atomic mass is 10.1. The Morgan fingerprint density at radius 3 is 2.65 bits per heavy atom. The molecule has 2 aromatic rings. The fourth-order valence-electron chi connectivity index (χ4n) is 2.01. The number of nitrogens with zero attached hydrogens (tertiary/aromatic N) is 2. The van der Waals surface area contributed by atoms with E-state index in [-0.39, 0.29) is 5.78 Å². The first kappa shape index (κ1) is 14.3. The van der Waals surface area contributed by atoms with Crippen LogP contribution in [0.15, 0.2) is 46.9 Å². The van der Waals surface area contributed by atoms with Crippen molar-refractivity contribution in [1.29, 1.82) is 5.26 Å². The predicted molar refractivity (Wildman–Crippen MR) is 83.4 cm³/mol. The van der Waals surface area contributed by atoms with E-state index in [0.717, 1.165) is 15.8 Å². The number of benzene rings is 2. The molecule has 0 aliphatic heterocycles. The van der Waals surface area contributed by atoms with Gasteiger partial charge < -0.3 is 4.90 Å². The van der Waals surface area contributed by atoms with Gasteiger partial charge in [0, 0.05) is 22.8 Å². The zero-order valence-corrected chi connectivity index (χ0v) is 12.8. The molecule has 0 bridgehead atoms. The smallest absolute Gasteiger partial charge is 0.161 e. The van der Waals surface area contributed by atoms with E-state index in [1.54, 1.807) is 19.1 Å². The van der Waals surface area contributed by atoms with Gasteiger partial charge in [0.1, 0.15) is 0 Å². The average molecular weight is 329 g/mol. The number of carbonyl (C=O) groups is 1. The molecule has 3 nitrogen and oxygen atoms in total. The molecule has 0 radical (unpaired) electrons. The Hall–Kier alpha value is -2.12. The van der Waals surface area contributed by atoms with Crippen molar-refractivity contribution < 1.29 is 4.79 Å². The summed E-state index contributed by atoms with van der Waals surface area (Å²) in [6, 6.07) is 15.0. The summed E-state index contributed by atoms with van der Waals surface area (Å²) in [5, 5.41) is 8.96. The van der Waals surface area contributed by atoms with E-state index < -0.39 is 0 Å². The summed E-state index contributed by atoms with van der Waals surface area (Å²) in [6.45, 7) is 1.55. The SMILES string of the molecule is CC(=O)c1cc(Br)ccc1N(C)c1cccc(C#N)c1. The minimum Gasteiger partial charge on any atom is -0.344 e. The standard InChI is InChI=1S/C16H13BrN2O/c1-11(20)15-9-13(17)6-7-16(15)19(2)14-5-3-4-12(8-14)10-18/h3-9H,1-2H3. The van der Waals surface area contributed by atoms with Gasteiger partial charge in [-0.3, -0.25) is 4.79 Å². The van der Waals surface area contributed by atoms with Crippen molar-refractivity contribution in [2.45, 2.75) is 6.92 Å². The second kappa shape index (κ2) is 5.89. The fraction of sp³-hybridized carbons (Fsp3) is 0.125. The van der Waals surface area contributed by atoms with Crippen molar-refractivity contribution in [3.05, 3.63) is 58.1 Å². The minimum absolute atomic E-state index is 0.00425. The lowest BCUT2D eigenvalue weighted by molar-refractivity contribution is 0.101. The molecule has 0 aromatic heterocycles. The van der Waals surface area contributed by atoms with Crippen LogP contribution in [0.2, 0.25) is 0 Å². The number of hydrogen-bond donors (Lipinski definition) is 0. The van der Waals surface area contributed by atoms with Crippen LogP contribution < -0.4 is 4.90 Å². The van der Waals surface area contributed by atoms with Gasteiger partial charge in [0.25, 0.3) is 0 Å². The summed E-state index contributed by atoms with van der Waals surface area (Å²) < 4.78 is 0.866. The molecule has 100 valence electrons. The molecule has 0 saturated heterocycles. The van der Waals surface area contributed by atoms with Gasteiger partial charge in [0.2, 0.25) is 0 Å². The number of nitriles is 1. The third-order valence-corrected chi connectivity index (χ3v) is 3.56. The highest BCUT2D eigenvalue weighted by Crippen LogP contribution is 2.30. The van der Waals surface area contributed by atoms with Crippen LogP contribution >= 0.6 is 15.9 Å². The number of hydrogen-bond acceptors (Lipinski definition) is 3. The lowest BCUT2D eigenvalue weighted by Crippen LogP contribution is -2.13. The van der Waals surface area contributed by atoms with E-state index in [0.29, 0.717) is 11.1 Å². The molecule has 0 fully saturated rings. The van der Waals surface area contributed by atoms with Crippen molar-refractivity contribution in [3.63, 3.8) is 0 Å². The summed E-state index contributed by atoms with van der Waals surface area (Å²) in [4.78, 5) is 13.7. The van der Waals surface area contributed by atoms with E-state index in [9.17, 15) is 4.79 Å². The van der Waals surface area contributed by atoms with Crippen molar-refractivity contribution in [1.82, 2.24) is 0 Å². The molecule has 0 spiro atoms. The molecule has 0 aliphatic rings. The van der Waals surface area contributed by atoms with Gasteiger partial charge in [0.15, 0.2) is 5.78 Å². The molecule has 2 aromatic carbocycles. The molecule has 20 heavy (non-hydrogen) atoms. The van der Waals surface area contributed by atoms with Crippen LogP contribution in [-0.4, -0.2) is 12.8 Å². The summed E-state index contributed by atoms with van der Waals surface area (Å²) in [5.74, 6) is 0.00425. The van der Waals surface area contributed by atoms with Gasteiger partial charge in [-0.15, -0.1) is 0 Å². The fourth-order valence-corrected chi connectivity index (χ4v) is 2.37. The second-order valence-electron chi connectivity index (χ2n) is 4.44. The van der Waals surface area contributed by atoms with Crippen molar-refractivity contribution in [2.75, 3.05) is 11.9 Å². The molecule has 0 unspecified atom stereocenters. The second-order valence-corrected chi connectivity index (χ2v) is 5.35. The molecular formula is C16H13BrN2O. The van der Waals surface area contributed by atoms with Crippen LogP contribution in [0.1, 0.15) is 22.8 Å². The summed E-state index contributed by atoms with van der Waals surface area (Å²) in [5.41, 5.74) is 2.92. The first-order chi connectivity index (χ1) is 9.52. The Morgan fingerprint density at radius 2 is 2.00 bits per heavy atom. The molecule has 0 amide bonds. The lowest BCUT2D eigenvalue weighted by Gasteiger charge is -2.22. The maximum absolute atomic E-state index is 11.8. The molecule has 0 heterocycles. The van der Waals surface area contributed by atoms with Crippen LogP contribution in [0.5, 0.6) is 0 Å². The third-order valence-electron chi connectivity index (χ3n) is 3.06. The molecular weight excluding hydrogens is 316 g/mol. The minimum atomic E-state index is 0.00425. The van der Waals surface area contributed by atoms with Gasteiger partial charge in [-0.1, -0.05) is 22.0 Å². The topological polar surface area (TPSA) is 44.1 Å². The quantitative estimate of drug-likeness (QED) is 0.789. The number of halogens is 1. The van der Waals surface area contributed by atoms with E-state index in [4.69, 9.17) is 5.26 Å². The van der Waals surface area contributed by atoms with Gasteiger partial charge in [-0.05, 0) is 43.3 Å². The zero-order valence-electron chi connectivity index (χ0n) is 11.2. The summed E-state index contributed by atoms with van der Waals surface area (Å²) >= 11 is 3.38. The maximum Gasteiger partial charge on any atom is 0.161 e. The molecule has 2 rings (SSSR count). The largest absolute Gasteiger partial charge is 0.344 e. The Balaban J connectivity index is 2.50. The van der Waals surface area contributed by atoms with Crippen LogP contribution in [0, 0.1) is 11.3 Å². The van der Waals surface area contributed by atoms with Crippen molar-refractivity contribution in [2.24, 2.45) is 0 Å². The number of rotatable bonds is 3. The van der Waals surface area contributed by atoms with Gasteiger partial charge in [-0.25, -0.2) is 0 Å². The highest BCUT2D eigenvalue weighted by Gasteiger charge is 2.13. The Bertz CT molecular complexity index is 704. The van der Waals surface area contributed by atoms with Crippen molar-refractivity contribution >= 4 is 33.1 Å². The Morgan fingerprint density at radius 1 is 1.25 bits per heavy atom. The molecule has 0 N–H and O–H groups in total. The van der Waals surface area contributed by atoms with E-state index in [2.05, 4.69) is 22.0 Å². The Labute approximate surface area is 126 Å². The summed E-state index contributed by atoms with van der Waals surface area (Å²) in [6.07, 6.45) is 0. The first-order valence-electron chi connectivity index (χ1n) is 6.07. The number of carbonyl (C=O) groups excluding carboxylic acids is 1. The van der Waals surface area contributed by atoms with E-state index in [1.165, 1.54) is 0 Å². The number of anilines is 2. The first-order valence-corrected chi connectivity index (χ1v) is 6.86. The third kappa shape index (κ3) is 2.89. The van der Waals surface area contributed by atoms with Crippen LogP contribution in [0.3, 0.4) is 0 Å². The highest BCUT2D eigenvalue weighted by molar-refractivity contribution is 9.10. The van der Waals surface area contributed by atoms with E-state index in [1.807, 2.05) is 42.3 Å². The number of ketones is 1. The van der Waals surface area contributed by atoms with Gasteiger partial charge in [0.05, 0.1) is 17.3 Å². The predicted octanol–water partition coefficient (Wildman–Crippen LogP) is 4.29. The Kier molecular flexibility index (Phi) is 4.21. The molecule has 0 atom stereocenters. The maximum atomic E-state index is 11.8. The molecule has 4 heteroatoms. The highest BCUT2D eigenvalue weighted by atomic mass is 79.9. The van der Waals surface area contributed by atoms with Gasteiger partial charge in [-0.2, -0.15) is 5.26 Å². The van der Waals surface area contributed by atoms with Gasteiger partial charge >= 0.3 is 0 Å². The summed E-state index contributed by atoms with van der Waals surface area (Å²) in [7, 11) is 1.88. The van der Waals surface area contributed by atoms with E-state index >= 15 is 0 Å². The zero-order chi connectivity index (χ0) is 14.7. The average Bonchev–Trinajstić information content (AvgIpc) is 2.46. The van der Waals surface area contributed by atoms with Crippen LogP contribution in [0.25, 0.3) is 0 Å². The van der Waals surface area contributed by atoms with Crippen molar-refractivity contribution in [3.8, 4) is 6.07 Å². The normalized spacial score (nSPS) is 9.90. The molecule has 0 aliphatic carbocycles. The van der Waals surface area contributed by atoms with Crippen LogP contribution in [0.4, 0.5) is 11.4 Å². The monoisotopic (exact) mass is 328 g/mol. The molecule has 0 saturated carbocycles. The van der Waals surface area contributed by atoms with Crippen LogP contribution in [-0.2, 0) is 0 Å². The number of Topliss-reactive ketones (excluding diaryl/α,β-unsaturated/α-hetero) is 1.